The molecule has 0 N–H and O–H groups in total. The maximum Gasteiger partial charge on any atom is 0.306 e. The molecular weight excluding hydrogens is 793 g/mol. The van der Waals surface area contributed by atoms with Crippen molar-refractivity contribution in [3.63, 3.8) is 0 Å². The molecule has 0 aliphatic rings. The molecule has 0 amide bonds. The molecule has 0 aliphatic carbocycles. The number of hydrogen-bond donors (Lipinski definition) is 0. The first-order chi connectivity index (χ1) is 31.5. The zero-order chi connectivity index (χ0) is 46.5. The Morgan fingerprint density at radius 3 is 1.08 bits per heavy atom. The molecular formula is C58H98O6. The molecule has 0 radical (unpaired) electrons. The van der Waals surface area contributed by atoms with Crippen LogP contribution in [0.2, 0.25) is 0 Å². The van der Waals surface area contributed by atoms with Crippen molar-refractivity contribution in [1.82, 2.24) is 0 Å². The highest BCUT2D eigenvalue weighted by molar-refractivity contribution is 5.71. The molecule has 1 unspecified atom stereocenters. The van der Waals surface area contributed by atoms with Crippen molar-refractivity contribution in [3.05, 3.63) is 85.1 Å². The van der Waals surface area contributed by atoms with Crippen molar-refractivity contribution in [2.75, 3.05) is 13.2 Å². The average molecular weight is 891 g/mol. The van der Waals surface area contributed by atoms with Crippen LogP contribution in [0.4, 0.5) is 0 Å². The Morgan fingerprint density at radius 2 is 0.641 bits per heavy atom. The molecule has 0 saturated heterocycles. The van der Waals surface area contributed by atoms with E-state index in [2.05, 4.69) is 106 Å². The minimum atomic E-state index is -0.820. The lowest BCUT2D eigenvalue weighted by Gasteiger charge is -2.18. The summed E-state index contributed by atoms with van der Waals surface area (Å²) in [6, 6.07) is 0. The minimum Gasteiger partial charge on any atom is -0.462 e. The van der Waals surface area contributed by atoms with Crippen molar-refractivity contribution in [3.8, 4) is 0 Å². The highest BCUT2D eigenvalue weighted by atomic mass is 16.6. The highest BCUT2D eigenvalue weighted by Gasteiger charge is 2.19. The first kappa shape index (κ1) is 60.6. The van der Waals surface area contributed by atoms with E-state index in [1.807, 2.05) is 0 Å². The third-order valence-corrected chi connectivity index (χ3v) is 11.1. The zero-order valence-electron chi connectivity index (χ0n) is 41.8. The summed E-state index contributed by atoms with van der Waals surface area (Å²) in [4.78, 5) is 37.9. The number of unbranched alkanes of at least 4 members (excludes halogenated alkanes) is 24. The van der Waals surface area contributed by atoms with Gasteiger partial charge in [-0.2, -0.15) is 0 Å². The number of esters is 3. The van der Waals surface area contributed by atoms with Gasteiger partial charge in [-0.25, -0.2) is 0 Å². The van der Waals surface area contributed by atoms with E-state index in [4.69, 9.17) is 14.2 Å². The zero-order valence-corrected chi connectivity index (χ0v) is 41.8. The van der Waals surface area contributed by atoms with Crippen LogP contribution >= 0.6 is 0 Å². The van der Waals surface area contributed by atoms with Gasteiger partial charge in [0, 0.05) is 19.3 Å². The Bertz CT molecular complexity index is 1250. The second-order valence-corrected chi connectivity index (χ2v) is 17.5. The van der Waals surface area contributed by atoms with Crippen molar-refractivity contribution in [1.29, 1.82) is 0 Å². The van der Waals surface area contributed by atoms with Gasteiger partial charge in [-0.15, -0.1) is 0 Å². The molecule has 0 aliphatic heterocycles. The third-order valence-electron chi connectivity index (χ3n) is 11.1. The van der Waals surface area contributed by atoms with Crippen LogP contribution in [0.1, 0.15) is 245 Å². The first-order valence-electron chi connectivity index (χ1n) is 26.6. The molecule has 64 heavy (non-hydrogen) atoms. The van der Waals surface area contributed by atoms with Crippen LogP contribution in [-0.4, -0.2) is 37.2 Å². The summed E-state index contributed by atoms with van der Waals surface area (Å²) in [6.07, 6.45) is 67.2. The van der Waals surface area contributed by atoms with Crippen LogP contribution in [0.25, 0.3) is 0 Å². The van der Waals surface area contributed by atoms with Gasteiger partial charge in [0.05, 0.1) is 0 Å². The fraction of sp³-hybridized carbons (Fsp3) is 0.707. The molecule has 6 heteroatoms. The Labute approximate surface area is 395 Å². The normalized spacial score (nSPS) is 12.7. The average Bonchev–Trinajstić information content (AvgIpc) is 3.29. The molecule has 0 aromatic rings. The fourth-order valence-electron chi connectivity index (χ4n) is 7.07. The lowest BCUT2D eigenvalue weighted by atomic mass is 10.1. The van der Waals surface area contributed by atoms with E-state index in [-0.39, 0.29) is 37.5 Å². The number of rotatable bonds is 47. The van der Waals surface area contributed by atoms with Gasteiger partial charge in [-0.3, -0.25) is 14.4 Å². The van der Waals surface area contributed by atoms with Gasteiger partial charge in [0.25, 0.3) is 0 Å². The molecule has 0 heterocycles. The lowest BCUT2D eigenvalue weighted by Crippen LogP contribution is -2.30. The largest absolute Gasteiger partial charge is 0.462 e. The van der Waals surface area contributed by atoms with E-state index in [0.717, 1.165) is 89.9 Å². The van der Waals surface area contributed by atoms with Crippen molar-refractivity contribution >= 4 is 17.9 Å². The molecule has 0 fully saturated rings. The maximum atomic E-state index is 12.8. The van der Waals surface area contributed by atoms with Crippen LogP contribution < -0.4 is 0 Å². The molecule has 6 nitrogen and oxygen atoms in total. The lowest BCUT2D eigenvalue weighted by molar-refractivity contribution is -0.167. The fourth-order valence-corrected chi connectivity index (χ4v) is 7.07. The van der Waals surface area contributed by atoms with Gasteiger partial charge in [0.1, 0.15) is 13.2 Å². The first-order valence-corrected chi connectivity index (χ1v) is 26.6. The van der Waals surface area contributed by atoms with Crippen LogP contribution in [0.5, 0.6) is 0 Å². The summed E-state index contributed by atoms with van der Waals surface area (Å²) in [5, 5.41) is 0. The van der Waals surface area contributed by atoms with Crippen LogP contribution in [-0.2, 0) is 28.6 Å². The predicted octanol–water partition coefficient (Wildman–Crippen LogP) is 17.6. The number of carbonyl (C=O) groups is 3. The quantitative estimate of drug-likeness (QED) is 0.0199. The third kappa shape index (κ3) is 49.6. The number of allylic oxidation sites excluding steroid dienone is 14. The van der Waals surface area contributed by atoms with Gasteiger partial charge in [0.15, 0.2) is 6.10 Å². The van der Waals surface area contributed by atoms with E-state index in [1.165, 1.54) is 109 Å². The van der Waals surface area contributed by atoms with Gasteiger partial charge in [0.2, 0.25) is 0 Å². The van der Waals surface area contributed by atoms with Gasteiger partial charge in [-0.1, -0.05) is 215 Å². The Kier molecular flexibility index (Phi) is 49.4. The molecule has 0 bridgehead atoms. The molecule has 0 aromatic carbocycles. The number of carbonyl (C=O) groups excluding carboxylic acids is 3. The molecule has 0 aromatic heterocycles. The summed E-state index contributed by atoms with van der Waals surface area (Å²) in [7, 11) is 0. The Morgan fingerprint density at radius 1 is 0.328 bits per heavy atom. The SMILES string of the molecule is CCCC/C=C\C=C/CCCCCC(=O)OCC(COC(=O)CCCCCCC/C=C\C=C/CCCCCCCCC)OC(=O)CCC/C=C\C/C=C\C/C=C\CCCCCCCC. The maximum absolute atomic E-state index is 12.8. The van der Waals surface area contributed by atoms with E-state index in [1.54, 1.807) is 0 Å². The second kappa shape index (κ2) is 52.2. The Hall–Kier alpha value is -3.41. The van der Waals surface area contributed by atoms with Crippen molar-refractivity contribution < 1.29 is 28.6 Å². The Balaban J connectivity index is 4.49. The van der Waals surface area contributed by atoms with E-state index in [0.29, 0.717) is 19.3 Å². The highest BCUT2D eigenvalue weighted by Crippen LogP contribution is 2.13. The predicted molar refractivity (Wildman–Crippen MR) is 274 cm³/mol. The topological polar surface area (TPSA) is 78.9 Å². The smallest absolute Gasteiger partial charge is 0.306 e. The van der Waals surface area contributed by atoms with Crippen LogP contribution in [0, 0.1) is 0 Å². The van der Waals surface area contributed by atoms with Gasteiger partial charge < -0.3 is 14.2 Å². The monoisotopic (exact) mass is 891 g/mol. The van der Waals surface area contributed by atoms with E-state index < -0.39 is 6.10 Å². The number of ether oxygens (including phenoxy) is 3. The summed E-state index contributed by atoms with van der Waals surface area (Å²) in [6.45, 7) is 6.49. The standard InChI is InChI=1S/C58H98O6/c1-4-7-10-13-16-19-22-24-26-28-30-31-33-36-39-42-45-48-51-57(60)63-54-55(53-62-56(59)50-47-44-41-38-35-21-18-15-12-9-6-3)64-58(61)52-49-46-43-40-37-34-32-29-27-25-23-20-17-14-11-8-5-2/h15,18,21,25-28,30-32,34-35,40,43,55H,4-14,16-17,19-20,22-24,29,33,36-39,41-42,44-54H2,1-3H3/b18-15-,27-25-,28-26-,31-30-,34-32-,35-21-,43-40-. The minimum absolute atomic E-state index is 0.114. The molecule has 0 spiro atoms. The summed E-state index contributed by atoms with van der Waals surface area (Å²) < 4.78 is 16.7. The van der Waals surface area contributed by atoms with E-state index in [9.17, 15) is 14.4 Å². The summed E-state index contributed by atoms with van der Waals surface area (Å²) >= 11 is 0. The molecule has 0 rings (SSSR count). The second-order valence-electron chi connectivity index (χ2n) is 17.5. The molecule has 366 valence electrons. The summed E-state index contributed by atoms with van der Waals surface area (Å²) in [5.41, 5.74) is 0. The van der Waals surface area contributed by atoms with Gasteiger partial charge in [-0.05, 0) is 96.3 Å². The summed E-state index contributed by atoms with van der Waals surface area (Å²) in [5.74, 6) is -1.01. The van der Waals surface area contributed by atoms with Crippen molar-refractivity contribution in [2.24, 2.45) is 0 Å². The van der Waals surface area contributed by atoms with Crippen molar-refractivity contribution in [2.45, 2.75) is 252 Å². The van der Waals surface area contributed by atoms with Gasteiger partial charge >= 0.3 is 17.9 Å². The van der Waals surface area contributed by atoms with Crippen LogP contribution in [0.3, 0.4) is 0 Å². The number of hydrogen-bond acceptors (Lipinski definition) is 6. The van der Waals surface area contributed by atoms with Crippen LogP contribution in [0.15, 0.2) is 85.1 Å². The van der Waals surface area contributed by atoms with E-state index >= 15 is 0 Å². The molecule has 0 saturated carbocycles. The molecule has 1 atom stereocenters.